The van der Waals surface area contributed by atoms with Crippen LogP contribution in [0.25, 0.3) is 0 Å². The summed E-state index contributed by atoms with van der Waals surface area (Å²) in [4.78, 5) is 15.0. The molecule has 0 bridgehead atoms. The Morgan fingerprint density at radius 3 is 2.29 bits per heavy atom. The normalized spacial score (nSPS) is 15.4. The Balaban J connectivity index is 0.00000139. The van der Waals surface area contributed by atoms with E-state index in [2.05, 4.69) is 11.8 Å². The first-order valence-corrected chi connectivity index (χ1v) is 9.16. The highest BCUT2D eigenvalue weighted by molar-refractivity contribution is 6.02. The number of hydrogen-bond donors (Lipinski definition) is 0. The van der Waals surface area contributed by atoms with Crippen LogP contribution >= 0.6 is 0 Å². The summed E-state index contributed by atoms with van der Waals surface area (Å²) >= 11 is 0. The van der Waals surface area contributed by atoms with Gasteiger partial charge in [0.2, 0.25) is 0 Å². The van der Waals surface area contributed by atoms with Crippen molar-refractivity contribution < 1.29 is 14.3 Å². The molecule has 0 saturated carbocycles. The Labute approximate surface area is 147 Å². The van der Waals surface area contributed by atoms with Crippen molar-refractivity contribution in [1.29, 1.82) is 0 Å². The first-order chi connectivity index (χ1) is 11.6. The van der Waals surface area contributed by atoms with Gasteiger partial charge in [0, 0.05) is 18.7 Å². The molecular formula is C20H33NO3. The van der Waals surface area contributed by atoms with Crippen LogP contribution in [0.2, 0.25) is 0 Å². The number of benzene rings is 1. The molecule has 1 aliphatic rings. The highest BCUT2D eigenvalue weighted by Crippen LogP contribution is 2.23. The van der Waals surface area contributed by atoms with E-state index in [-0.39, 0.29) is 5.78 Å². The number of carbonyl (C=O) groups is 1. The van der Waals surface area contributed by atoms with Gasteiger partial charge >= 0.3 is 0 Å². The number of hydrogen-bond acceptors (Lipinski definition) is 4. The summed E-state index contributed by atoms with van der Waals surface area (Å²) in [6, 6.07) is 7.51. The molecule has 1 fully saturated rings. The molecule has 0 atom stereocenters. The maximum atomic E-state index is 12.8. The van der Waals surface area contributed by atoms with Crippen molar-refractivity contribution in [3.05, 3.63) is 29.8 Å². The second kappa shape index (κ2) is 10.5. The maximum Gasteiger partial charge on any atom is 0.182 e. The van der Waals surface area contributed by atoms with Gasteiger partial charge in [-0.3, -0.25) is 9.69 Å². The van der Waals surface area contributed by atoms with Gasteiger partial charge < -0.3 is 9.47 Å². The number of morpholine rings is 1. The minimum atomic E-state index is -0.506. The van der Waals surface area contributed by atoms with Crippen molar-refractivity contribution in [3.63, 3.8) is 0 Å². The summed E-state index contributed by atoms with van der Waals surface area (Å²) in [5.74, 6) is 0.976. The monoisotopic (exact) mass is 335 g/mol. The van der Waals surface area contributed by atoms with Gasteiger partial charge in [-0.1, -0.05) is 27.2 Å². The molecule has 1 aromatic rings. The fraction of sp³-hybridized carbons (Fsp3) is 0.650. The summed E-state index contributed by atoms with van der Waals surface area (Å²) in [5.41, 5.74) is 0.230. The van der Waals surface area contributed by atoms with Crippen molar-refractivity contribution in [2.24, 2.45) is 0 Å². The molecule has 1 aliphatic heterocycles. The van der Waals surface area contributed by atoms with Crippen molar-refractivity contribution in [3.8, 4) is 5.75 Å². The summed E-state index contributed by atoms with van der Waals surface area (Å²) in [6.07, 6.45) is 2.16. The molecule has 24 heavy (non-hydrogen) atoms. The van der Waals surface area contributed by atoms with Crippen molar-refractivity contribution in [2.45, 2.75) is 53.0 Å². The third kappa shape index (κ3) is 5.60. The third-order valence-corrected chi connectivity index (χ3v) is 4.24. The van der Waals surface area contributed by atoms with Crippen molar-refractivity contribution in [1.82, 2.24) is 4.90 Å². The van der Waals surface area contributed by atoms with E-state index in [0.717, 1.165) is 43.9 Å². The van der Waals surface area contributed by atoms with E-state index in [1.54, 1.807) is 0 Å². The standard InChI is InChI=1S/C18H27NO3.C2H6/c1-4-5-12-22-16-8-6-15(7-9-16)17(20)18(2,3)19-10-13-21-14-11-19;1-2/h6-9H,4-5,10-14H2,1-3H3;1-2H3. The Hall–Kier alpha value is -1.39. The van der Waals surface area contributed by atoms with Crippen LogP contribution in [0.3, 0.4) is 0 Å². The minimum absolute atomic E-state index is 0.148. The van der Waals surface area contributed by atoms with Gasteiger partial charge in [0.05, 0.1) is 25.4 Å². The molecule has 2 rings (SSSR count). The van der Waals surface area contributed by atoms with Gasteiger partial charge in [-0.25, -0.2) is 0 Å². The molecule has 4 heteroatoms. The van der Waals surface area contributed by atoms with Crippen LogP contribution in [-0.4, -0.2) is 49.1 Å². The third-order valence-electron chi connectivity index (χ3n) is 4.24. The van der Waals surface area contributed by atoms with Crippen LogP contribution < -0.4 is 4.74 Å². The number of Topliss-reactive ketones (excluding diaryl/α,β-unsaturated/α-hetero) is 1. The van der Waals surface area contributed by atoms with E-state index < -0.39 is 5.54 Å². The number of carbonyl (C=O) groups excluding carboxylic acids is 1. The molecule has 0 amide bonds. The second-order valence-corrected chi connectivity index (χ2v) is 6.21. The maximum absolute atomic E-state index is 12.8. The number of nitrogens with zero attached hydrogens (tertiary/aromatic N) is 1. The number of ketones is 1. The molecule has 136 valence electrons. The Bertz CT molecular complexity index is 476. The molecule has 0 aromatic heterocycles. The van der Waals surface area contributed by atoms with E-state index in [4.69, 9.17) is 9.47 Å². The van der Waals surface area contributed by atoms with Gasteiger partial charge in [0.15, 0.2) is 5.78 Å². The van der Waals surface area contributed by atoms with Gasteiger partial charge in [0.25, 0.3) is 0 Å². The number of unbranched alkanes of at least 4 members (excludes halogenated alkanes) is 1. The van der Waals surface area contributed by atoms with Crippen LogP contribution in [0.4, 0.5) is 0 Å². The molecule has 4 nitrogen and oxygen atoms in total. The first-order valence-electron chi connectivity index (χ1n) is 9.16. The molecule has 0 aliphatic carbocycles. The SMILES string of the molecule is CC.CCCCOc1ccc(C(=O)C(C)(C)N2CCOCC2)cc1. The fourth-order valence-electron chi connectivity index (χ4n) is 2.66. The largest absolute Gasteiger partial charge is 0.494 e. The number of ether oxygens (including phenoxy) is 2. The second-order valence-electron chi connectivity index (χ2n) is 6.21. The van der Waals surface area contributed by atoms with Crippen LogP contribution in [0.1, 0.15) is 57.8 Å². The highest BCUT2D eigenvalue weighted by Gasteiger charge is 2.35. The predicted molar refractivity (Wildman–Crippen MR) is 99.0 cm³/mol. The Morgan fingerprint density at radius 2 is 1.75 bits per heavy atom. The lowest BCUT2D eigenvalue weighted by molar-refractivity contribution is -0.00429. The van der Waals surface area contributed by atoms with Gasteiger partial charge in [-0.2, -0.15) is 0 Å². The van der Waals surface area contributed by atoms with E-state index in [9.17, 15) is 4.79 Å². The molecule has 0 spiro atoms. The van der Waals surface area contributed by atoms with Crippen LogP contribution in [0.15, 0.2) is 24.3 Å². The van der Waals surface area contributed by atoms with Crippen LogP contribution in [-0.2, 0) is 4.74 Å². The summed E-state index contributed by atoms with van der Waals surface area (Å²) in [5, 5.41) is 0. The quantitative estimate of drug-likeness (QED) is 0.553. The predicted octanol–water partition coefficient (Wildman–Crippen LogP) is 4.19. The molecule has 1 heterocycles. The topological polar surface area (TPSA) is 38.8 Å². The van der Waals surface area contributed by atoms with E-state index >= 15 is 0 Å². The van der Waals surface area contributed by atoms with Crippen molar-refractivity contribution in [2.75, 3.05) is 32.9 Å². The van der Waals surface area contributed by atoms with E-state index in [1.165, 1.54) is 0 Å². The smallest absolute Gasteiger partial charge is 0.182 e. The zero-order chi connectivity index (χ0) is 18.0. The van der Waals surface area contributed by atoms with Crippen LogP contribution in [0.5, 0.6) is 5.75 Å². The lowest BCUT2D eigenvalue weighted by Gasteiger charge is -2.39. The number of rotatable bonds is 7. The molecule has 0 N–H and O–H groups in total. The molecule has 1 aromatic carbocycles. The summed E-state index contributed by atoms with van der Waals surface area (Å²) in [6.45, 7) is 13.8. The molecular weight excluding hydrogens is 302 g/mol. The van der Waals surface area contributed by atoms with Gasteiger partial charge in [0.1, 0.15) is 5.75 Å². The molecule has 0 radical (unpaired) electrons. The minimum Gasteiger partial charge on any atom is -0.494 e. The van der Waals surface area contributed by atoms with Gasteiger partial charge in [-0.05, 0) is 44.5 Å². The fourth-order valence-corrected chi connectivity index (χ4v) is 2.66. The average Bonchev–Trinajstić information content (AvgIpc) is 2.64. The Kier molecular flexibility index (Phi) is 9.01. The molecule has 0 unspecified atom stereocenters. The summed E-state index contributed by atoms with van der Waals surface area (Å²) in [7, 11) is 0. The van der Waals surface area contributed by atoms with E-state index in [1.807, 2.05) is 52.0 Å². The lowest BCUT2D eigenvalue weighted by Crippen LogP contribution is -2.54. The molecule has 1 saturated heterocycles. The Morgan fingerprint density at radius 1 is 1.17 bits per heavy atom. The summed E-state index contributed by atoms with van der Waals surface area (Å²) < 4.78 is 11.0. The van der Waals surface area contributed by atoms with Crippen LogP contribution in [0, 0.1) is 0 Å². The lowest BCUT2D eigenvalue weighted by atomic mass is 9.91. The zero-order valence-corrected chi connectivity index (χ0v) is 15.9. The zero-order valence-electron chi connectivity index (χ0n) is 15.9. The van der Waals surface area contributed by atoms with E-state index in [0.29, 0.717) is 13.2 Å². The first kappa shape index (κ1) is 20.7. The van der Waals surface area contributed by atoms with Gasteiger partial charge in [-0.15, -0.1) is 0 Å². The average molecular weight is 335 g/mol. The van der Waals surface area contributed by atoms with Crippen molar-refractivity contribution >= 4 is 5.78 Å². The highest BCUT2D eigenvalue weighted by atomic mass is 16.5.